The first kappa shape index (κ1) is 26.8. The van der Waals surface area contributed by atoms with Crippen LogP contribution >= 0.6 is 0 Å². The minimum Gasteiger partial charge on any atom is -0.489 e. The van der Waals surface area contributed by atoms with Gasteiger partial charge in [0.25, 0.3) is 0 Å². The molecule has 4 rings (SSSR count). The number of alkyl halides is 6. The van der Waals surface area contributed by atoms with Gasteiger partial charge in [0.15, 0.2) is 7.14 Å². The smallest absolute Gasteiger partial charge is 0.416 e. The highest BCUT2D eigenvalue weighted by Gasteiger charge is 2.30. The van der Waals surface area contributed by atoms with E-state index in [4.69, 9.17) is 9.47 Å². The Kier molecular flexibility index (Phi) is 8.31. The van der Waals surface area contributed by atoms with Gasteiger partial charge in [-0.1, -0.05) is 24.3 Å². The molecule has 192 valence electrons. The molecule has 0 amide bonds. The molecule has 0 unspecified atom stereocenters. The van der Waals surface area contributed by atoms with Crippen LogP contribution in [-0.2, 0) is 25.6 Å². The topological polar surface area (TPSA) is 18.5 Å². The van der Waals surface area contributed by atoms with Crippen molar-refractivity contribution in [2.24, 2.45) is 0 Å². The third-order valence-corrected chi connectivity index (χ3v) is 7.90. The highest BCUT2D eigenvalue weighted by Crippen LogP contribution is 2.30. The van der Waals surface area contributed by atoms with Crippen LogP contribution in [0, 0.1) is 7.14 Å². The molecule has 4 aromatic rings. The Morgan fingerprint density at radius 1 is 0.459 bits per heavy atom. The number of halogens is 7. The van der Waals surface area contributed by atoms with Gasteiger partial charge in [-0.3, -0.25) is 0 Å². The molecule has 9 heteroatoms. The molecule has 4 aromatic carbocycles. The number of hydrogen-bond donors (Lipinski definition) is 0. The summed E-state index contributed by atoms with van der Waals surface area (Å²) >= 11 is -0.460. The molecule has 0 N–H and O–H groups in total. The van der Waals surface area contributed by atoms with Gasteiger partial charge in [0, 0.05) is 0 Å². The van der Waals surface area contributed by atoms with Crippen molar-refractivity contribution in [2.75, 3.05) is 0 Å². The molecule has 0 aromatic heterocycles. The third kappa shape index (κ3) is 7.88. The second-order valence-corrected chi connectivity index (χ2v) is 11.0. The summed E-state index contributed by atoms with van der Waals surface area (Å²) in [4.78, 5) is 0. The zero-order valence-electron chi connectivity index (χ0n) is 19.1. The molecule has 0 bridgehead atoms. The van der Waals surface area contributed by atoms with Gasteiger partial charge in [0.1, 0.15) is 24.7 Å². The fourth-order valence-electron chi connectivity index (χ4n) is 3.23. The van der Waals surface area contributed by atoms with E-state index < -0.39 is 44.7 Å². The summed E-state index contributed by atoms with van der Waals surface area (Å²) < 4.78 is 89.6. The molecule has 0 spiro atoms. The fourth-order valence-corrected chi connectivity index (χ4v) is 5.38. The Bertz CT molecular complexity index is 1180. The lowest BCUT2D eigenvalue weighted by atomic mass is 10.1. The first-order valence-electron chi connectivity index (χ1n) is 11.0. The highest BCUT2D eigenvalue weighted by molar-refractivity contribution is 5.27. The summed E-state index contributed by atoms with van der Waals surface area (Å²) in [6.07, 6.45) is -8.72. The van der Waals surface area contributed by atoms with Gasteiger partial charge in [-0.25, -0.2) is 0 Å². The number of benzene rings is 4. The van der Waals surface area contributed by atoms with Crippen LogP contribution in [0.4, 0.5) is 26.3 Å². The van der Waals surface area contributed by atoms with E-state index in [2.05, 4.69) is 0 Å². The van der Waals surface area contributed by atoms with E-state index in [9.17, 15) is 26.3 Å². The van der Waals surface area contributed by atoms with Crippen molar-refractivity contribution in [1.82, 2.24) is 0 Å². The Hall–Kier alpha value is -3.21. The van der Waals surface area contributed by atoms with Crippen LogP contribution in [0.2, 0.25) is 0 Å². The molecule has 0 atom stereocenters. The summed E-state index contributed by atoms with van der Waals surface area (Å²) in [6, 6.07) is 25.0. The van der Waals surface area contributed by atoms with Crippen molar-refractivity contribution in [3.63, 3.8) is 0 Å². The summed E-state index contributed by atoms with van der Waals surface area (Å²) in [6.45, 7) is 0.334. The van der Waals surface area contributed by atoms with E-state index in [-0.39, 0.29) is 13.2 Å². The van der Waals surface area contributed by atoms with E-state index in [1.54, 1.807) is 0 Å². The molecule has 37 heavy (non-hydrogen) atoms. The van der Waals surface area contributed by atoms with Crippen LogP contribution in [0.3, 0.4) is 0 Å². The lowest BCUT2D eigenvalue weighted by Crippen LogP contribution is -3.61. The maximum absolute atomic E-state index is 12.7. The highest BCUT2D eigenvalue weighted by atomic mass is 127. The average Bonchev–Trinajstić information content (AvgIpc) is 2.87. The molecular formula is C28H20F6IO2+. The van der Waals surface area contributed by atoms with Crippen molar-refractivity contribution >= 4 is 0 Å². The lowest BCUT2D eigenvalue weighted by Gasteiger charge is -2.09. The zero-order chi connectivity index (χ0) is 26.5. The van der Waals surface area contributed by atoms with E-state index in [1.807, 2.05) is 48.5 Å². The quantitative estimate of drug-likeness (QED) is 0.202. The van der Waals surface area contributed by atoms with Gasteiger partial charge in [-0.05, 0) is 83.9 Å². The molecule has 2 nitrogen and oxygen atoms in total. The van der Waals surface area contributed by atoms with E-state index >= 15 is 0 Å². The van der Waals surface area contributed by atoms with Crippen LogP contribution < -0.4 is 30.7 Å². The van der Waals surface area contributed by atoms with Crippen LogP contribution in [0.5, 0.6) is 11.5 Å². The molecule has 0 saturated heterocycles. The predicted octanol–water partition coefficient (Wildman–Crippen LogP) is 5.01. The molecule has 0 heterocycles. The van der Waals surface area contributed by atoms with Gasteiger partial charge in [-0.15, -0.1) is 0 Å². The van der Waals surface area contributed by atoms with Crippen molar-refractivity contribution in [3.05, 3.63) is 126 Å². The first-order valence-corrected chi connectivity index (χ1v) is 13.1. The van der Waals surface area contributed by atoms with Gasteiger partial charge in [-0.2, -0.15) is 26.3 Å². The Morgan fingerprint density at radius 2 is 0.784 bits per heavy atom. The molecule has 0 aliphatic rings. The Morgan fingerprint density at radius 3 is 1.08 bits per heavy atom. The monoisotopic (exact) mass is 629 g/mol. The Balaban J connectivity index is 1.25. The second kappa shape index (κ2) is 11.5. The van der Waals surface area contributed by atoms with Gasteiger partial charge in [0.05, 0.1) is 11.1 Å². The predicted molar refractivity (Wildman–Crippen MR) is 122 cm³/mol. The van der Waals surface area contributed by atoms with E-state index in [0.717, 1.165) is 31.4 Å². The van der Waals surface area contributed by atoms with Crippen LogP contribution in [0.15, 0.2) is 97.1 Å². The molecular weight excluding hydrogens is 609 g/mol. The largest absolute Gasteiger partial charge is 0.489 e. The van der Waals surface area contributed by atoms with Gasteiger partial charge >= 0.3 is 33.6 Å². The number of hydrogen-bond acceptors (Lipinski definition) is 2. The van der Waals surface area contributed by atoms with Crippen molar-refractivity contribution in [2.45, 2.75) is 25.6 Å². The fraction of sp³-hybridized carbons (Fsp3) is 0.143. The van der Waals surface area contributed by atoms with Crippen LogP contribution in [-0.4, -0.2) is 0 Å². The maximum atomic E-state index is 12.7. The van der Waals surface area contributed by atoms with Gasteiger partial charge in [0.2, 0.25) is 0 Å². The van der Waals surface area contributed by atoms with Crippen molar-refractivity contribution < 1.29 is 57.0 Å². The normalized spacial score (nSPS) is 11.8. The Labute approximate surface area is 220 Å². The van der Waals surface area contributed by atoms with Gasteiger partial charge < -0.3 is 9.47 Å². The molecule has 0 aliphatic heterocycles. The number of ether oxygens (including phenoxy) is 2. The van der Waals surface area contributed by atoms with E-state index in [1.165, 1.54) is 24.3 Å². The van der Waals surface area contributed by atoms with Crippen LogP contribution in [0.1, 0.15) is 22.3 Å². The molecule has 0 aliphatic carbocycles. The van der Waals surface area contributed by atoms with E-state index in [0.29, 0.717) is 22.6 Å². The van der Waals surface area contributed by atoms with Crippen LogP contribution in [0.25, 0.3) is 0 Å². The molecule has 0 fully saturated rings. The second-order valence-electron chi connectivity index (χ2n) is 7.97. The van der Waals surface area contributed by atoms with Crippen molar-refractivity contribution in [3.8, 4) is 11.5 Å². The summed E-state index contributed by atoms with van der Waals surface area (Å²) in [5.74, 6) is 1.25. The third-order valence-electron chi connectivity index (χ3n) is 5.22. The summed E-state index contributed by atoms with van der Waals surface area (Å²) in [5.41, 5.74) is -0.0955. The first-order chi connectivity index (χ1) is 17.6. The average molecular weight is 629 g/mol. The number of rotatable bonds is 8. The standard InChI is InChI=1S/C28H20F6IO2/c29-27(30,31)21-5-1-19(2-6-21)17-36-25-13-9-23(10-14-25)35-24-11-15-26(16-12-24)37-18-20-3-7-22(8-4-20)28(32,33)34/h1-16H,17-18H2/q+1. The molecule has 0 saturated carbocycles. The minimum absolute atomic E-state index is 0.167. The summed E-state index contributed by atoms with van der Waals surface area (Å²) in [7, 11) is 0. The zero-order valence-corrected chi connectivity index (χ0v) is 21.3. The van der Waals surface area contributed by atoms with Crippen molar-refractivity contribution in [1.29, 1.82) is 0 Å². The SMILES string of the molecule is FC(F)(F)c1ccc(COc2ccc([I+]c3ccc(OCc4ccc(C(F)(F)F)cc4)cc3)cc2)cc1. The molecule has 0 radical (unpaired) electrons. The lowest BCUT2D eigenvalue weighted by molar-refractivity contribution is -0.597. The summed E-state index contributed by atoms with van der Waals surface area (Å²) in [5, 5.41) is 0. The minimum atomic E-state index is -4.36. The maximum Gasteiger partial charge on any atom is 0.416 e.